The Morgan fingerprint density at radius 3 is 3.05 bits per heavy atom. The van der Waals surface area contributed by atoms with Gasteiger partial charge in [0.1, 0.15) is 18.7 Å². The van der Waals surface area contributed by atoms with Crippen LogP contribution in [0.3, 0.4) is 0 Å². The Labute approximate surface area is 124 Å². The molecule has 10 heteroatoms. The third-order valence-electron chi connectivity index (χ3n) is 3.71. The smallest absolute Gasteiger partial charge is 0.373 e. The Hall–Kier alpha value is -1.65. The molecule has 2 atom stereocenters. The van der Waals surface area contributed by atoms with Crippen molar-refractivity contribution in [1.82, 2.24) is 19.9 Å². The van der Waals surface area contributed by atoms with Gasteiger partial charge in [-0.25, -0.2) is 4.68 Å². The van der Waals surface area contributed by atoms with Crippen molar-refractivity contribution in [2.45, 2.75) is 18.3 Å². The summed E-state index contributed by atoms with van der Waals surface area (Å²) in [7, 11) is 1.56. The van der Waals surface area contributed by atoms with Crippen LogP contribution in [0.15, 0.2) is 6.20 Å². The summed E-state index contributed by atoms with van der Waals surface area (Å²) in [6, 6.07) is -0.190. The number of carbonyl (C=O) groups excluding carboxylic acids is 1. The first kappa shape index (κ1) is 15.3. The molecule has 2 aliphatic heterocycles. The van der Waals surface area contributed by atoms with Gasteiger partial charge >= 0.3 is 6.11 Å². The van der Waals surface area contributed by atoms with Gasteiger partial charge in [-0.1, -0.05) is 5.21 Å². The molecule has 1 amide bonds. The first-order valence-corrected chi connectivity index (χ1v) is 6.83. The average molecular weight is 318 g/mol. The molecule has 2 saturated heterocycles. The molecule has 0 aliphatic carbocycles. The number of ether oxygens (including phenoxy) is 3. The van der Waals surface area contributed by atoms with Crippen LogP contribution in [0, 0.1) is 0 Å². The van der Waals surface area contributed by atoms with Gasteiger partial charge in [0.15, 0.2) is 5.69 Å². The SMILES string of the molecule is CO[C@@H]1COC[C@H]1n1cc(C(=O)N2CCOC(F)(F)C2)nn1. The fourth-order valence-electron chi connectivity index (χ4n) is 2.52. The summed E-state index contributed by atoms with van der Waals surface area (Å²) in [5.74, 6) is -0.595. The summed E-state index contributed by atoms with van der Waals surface area (Å²) in [6.45, 7) is -0.0827. The van der Waals surface area contributed by atoms with E-state index in [0.717, 1.165) is 4.90 Å². The fraction of sp³-hybridized carbons (Fsp3) is 0.750. The van der Waals surface area contributed by atoms with E-state index in [0.29, 0.717) is 13.2 Å². The van der Waals surface area contributed by atoms with E-state index in [4.69, 9.17) is 9.47 Å². The number of hydrogen-bond donors (Lipinski definition) is 0. The zero-order chi connectivity index (χ0) is 15.7. The van der Waals surface area contributed by atoms with Crippen LogP contribution in [0.5, 0.6) is 0 Å². The van der Waals surface area contributed by atoms with Crippen LogP contribution in [0.2, 0.25) is 0 Å². The van der Waals surface area contributed by atoms with Crippen LogP contribution >= 0.6 is 0 Å². The highest BCUT2D eigenvalue weighted by Gasteiger charge is 2.39. The molecule has 8 nitrogen and oxygen atoms in total. The molecule has 122 valence electrons. The van der Waals surface area contributed by atoms with Gasteiger partial charge in [-0.15, -0.1) is 5.10 Å². The van der Waals surface area contributed by atoms with Crippen LogP contribution in [0.1, 0.15) is 16.5 Å². The van der Waals surface area contributed by atoms with Gasteiger partial charge in [0.05, 0.1) is 26.0 Å². The monoisotopic (exact) mass is 318 g/mol. The van der Waals surface area contributed by atoms with Crippen molar-refractivity contribution in [2.75, 3.05) is 40.0 Å². The Kier molecular flexibility index (Phi) is 4.06. The number of aromatic nitrogens is 3. The van der Waals surface area contributed by atoms with Crippen LogP contribution in [0.4, 0.5) is 8.78 Å². The van der Waals surface area contributed by atoms with Crippen molar-refractivity contribution in [3.8, 4) is 0 Å². The molecule has 22 heavy (non-hydrogen) atoms. The minimum Gasteiger partial charge on any atom is -0.377 e. The summed E-state index contributed by atoms with van der Waals surface area (Å²) in [4.78, 5) is 13.2. The molecule has 2 aliphatic rings. The van der Waals surface area contributed by atoms with Gasteiger partial charge in [0, 0.05) is 13.7 Å². The normalized spacial score (nSPS) is 28.0. The topological polar surface area (TPSA) is 78.7 Å². The number of morpholine rings is 1. The van der Waals surface area contributed by atoms with E-state index in [1.807, 2.05) is 0 Å². The van der Waals surface area contributed by atoms with E-state index < -0.39 is 18.6 Å². The van der Waals surface area contributed by atoms with Gasteiger partial charge in [-0.3, -0.25) is 4.79 Å². The molecule has 0 N–H and O–H groups in total. The molecule has 2 fully saturated rings. The third-order valence-corrected chi connectivity index (χ3v) is 3.71. The number of alkyl halides is 2. The number of nitrogens with zero attached hydrogens (tertiary/aromatic N) is 4. The first-order valence-electron chi connectivity index (χ1n) is 6.83. The van der Waals surface area contributed by atoms with Crippen molar-refractivity contribution in [2.24, 2.45) is 0 Å². The van der Waals surface area contributed by atoms with Gasteiger partial charge in [0.2, 0.25) is 0 Å². The Morgan fingerprint density at radius 2 is 2.32 bits per heavy atom. The van der Waals surface area contributed by atoms with Crippen molar-refractivity contribution < 1.29 is 27.8 Å². The van der Waals surface area contributed by atoms with E-state index in [1.54, 1.807) is 7.11 Å². The van der Waals surface area contributed by atoms with E-state index >= 15 is 0 Å². The van der Waals surface area contributed by atoms with E-state index in [2.05, 4.69) is 15.0 Å². The summed E-state index contributed by atoms with van der Waals surface area (Å²) in [5, 5.41) is 7.67. The highest BCUT2D eigenvalue weighted by molar-refractivity contribution is 5.92. The summed E-state index contributed by atoms with van der Waals surface area (Å²) >= 11 is 0. The van der Waals surface area contributed by atoms with Gasteiger partial charge in [-0.05, 0) is 0 Å². The Bertz CT molecular complexity index is 553. The molecule has 1 aromatic heterocycles. The number of halogens is 2. The summed E-state index contributed by atoms with van der Waals surface area (Å²) in [5.41, 5.74) is 0.0134. The van der Waals surface area contributed by atoms with Crippen LogP contribution in [0.25, 0.3) is 0 Å². The average Bonchev–Trinajstić information content (AvgIpc) is 3.13. The minimum atomic E-state index is -3.33. The van der Waals surface area contributed by atoms with Crippen LogP contribution in [-0.2, 0) is 14.2 Å². The van der Waals surface area contributed by atoms with Gasteiger partial charge in [0.25, 0.3) is 5.91 Å². The second-order valence-corrected chi connectivity index (χ2v) is 5.18. The highest BCUT2D eigenvalue weighted by Crippen LogP contribution is 2.23. The van der Waals surface area contributed by atoms with E-state index in [9.17, 15) is 13.6 Å². The molecule has 0 saturated carbocycles. The fourth-order valence-corrected chi connectivity index (χ4v) is 2.52. The number of rotatable bonds is 3. The predicted molar refractivity (Wildman–Crippen MR) is 67.5 cm³/mol. The molecule has 0 radical (unpaired) electrons. The molecule has 0 aromatic carbocycles. The van der Waals surface area contributed by atoms with Gasteiger partial charge < -0.3 is 19.1 Å². The molecule has 3 heterocycles. The summed E-state index contributed by atoms with van der Waals surface area (Å²) < 4.78 is 42.7. The zero-order valence-electron chi connectivity index (χ0n) is 11.9. The quantitative estimate of drug-likeness (QED) is 0.776. The van der Waals surface area contributed by atoms with Crippen molar-refractivity contribution in [3.63, 3.8) is 0 Å². The van der Waals surface area contributed by atoms with Crippen LogP contribution in [-0.4, -0.2) is 78.0 Å². The first-order chi connectivity index (χ1) is 10.5. The van der Waals surface area contributed by atoms with E-state index in [1.165, 1.54) is 10.9 Å². The number of methoxy groups -OCH3 is 1. The lowest BCUT2D eigenvalue weighted by Crippen LogP contribution is -2.49. The van der Waals surface area contributed by atoms with Crippen LogP contribution < -0.4 is 0 Å². The van der Waals surface area contributed by atoms with Gasteiger partial charge in [-0.2, -0.15) is 8.78 Å². The van der Waals surface area contributed by atoms with Crippen molar-refractivity contribution in [3.05, 3.63) is 11.9 Å². The van der Waals surface area contributed by atoms with Crippen molar-refractivity contribution >= 4 is 5.91 Å². The molecule has 0 spiro atoms. The number of amides is 1. The largest absolute Gasteiger partial charge is 0.377 e. The number of hydrogen-bond acceptors (Lipinski definition) is 6. The predicted octanol–water partition coefficient (Wildman–Crippen LogP) is -0.0704. The minimum absolute atomic E-state index is 0.0134. The van der Waals surface area contributed by atoms with E-state index in [-0.39, 0.29) is 31.0 Å². The van der Waals surface area contributed by atoms with Crippen molar-refractivity contribution in [1.29, 1.82) is 0 Å². The maximum atomic E-state index is 13.2. The molecule has 1 aromatic rings. The zero-order valence-corrected chi connectivity index (χ0v) is 11.9. The standard InChI is InChI=1S/C12H16F2N4O4/c1-20-10-6-21-5-9(10)18-4-8(15-16-18)11(19)17-2-3-22-12(13,14)7-17/h4,9-10H,2-3,5-7H2,1H3/t9-,10-/m1/s1. The molecule has 0 bridgehead atoms. The third kappa shape index (κ3) is 2.94. The summed E-state index contributed by atoms with van der Waals surface area (Å²) in [6.07, 6.45) is -2.08. The number of carbonyl (C=O) groups is 1. The lowest BCUT2D eigenvalue weighted by atomic mass is 10.2. The molecule has 0 unspecified atom stereocenters. The molecular formula is C12H16F2N4O4. The maximum Gasteiger partial charge on any atom is 0.373 e. The second kappa shape index (κ2) is 5.86. The molecule has 3 rings (SSSR count). The maximum absolute atomic E-state index is 13.2. The lowest BCUT2D eigenvalue weighted by Gasteiger charge is -2.31. The Morgan fingerprint density at radius 1 is 1.50 bits per heavy atom. The lowest BCUT2D eigenvalue weighted by molar-refractivity contribution is -0.263. The highest BCUT2D eigenvalue weighted by atomic mass is 19.3. The molecular weight excluding hydrogens is 302 g/mol. The Balaban J connectivity index is 1.72. The second-order valence-electron chi connectivity index (χ2n) is 5.18.